The summed E-state index contributed by atoms with van der Waals surface area (Å²) in [7, 11) is 5.00. The zero-order valence-electron chi connectivity index (χ0n) is 32.8. The standard InChI is InChI=1S/C19H33NO4.C10H18O2.C7H15N.C4H8/c1-8-11-17(23-7)18(24-13-10-12-22-6)14-16(5)19(21)20(9-2)15(3)4;1-3-10(11)8-4-6-9(12-2)7-5-8;1-2-7-4-3-5-8-6-7;1-4-2-3-4/h8,11,14-15H,9-10,12-13H2,1-7H3;8-9H,3-7H2,1-2H3;7-8H,2-6H2,1H3;4H,2-3H2,1H3/b11-8-,16-14+,18-17-;;;. The predicted molar refractivity (Wildman–Crippen MR) is 200 cm³/mol. The fourth-order valence-corrected chi connectivity index (χ4v) is 5.55. The van der Waals surface area contributed by atoms with E-state index in [2.05, 4.69) is 19.2 Å². The van der Waals surface area contributed by atoms with E-state index < -0.39 is 0 Å². The summed E-state index contributed by atoms with van der Waals surface area (Å²) in [5, 5.41) is 3.39. The number of ketones is 1. The van der Waals surface area contributed by atoms with Crippen molar-refractivity contribution < 1.29 is 28.5 Å². The molecule has 2 saturated carbocycles. The fraction of sp³-hybridized carbons (Fsp3) is 0.800. The zero-order valence-corrected chi connectivity index (χ0v) is 32.8. The van der Waals surface area contributed by atoms with E-state index in [1.807, 2.05) is 51.7 Å². The lowest BCUT2D eigenvalue weighted by Gasteiger charge is -2.26. The average molecular weight is 679 g/mol. The van der Waals surface area contributed by atoms with Gasteiger partial charge in [-0.3, -0.25) is 9.59 Å². The SMILES string of the molecule is CC1CC1.CCC(=O)C1CCC(OC)CC1.CCC1CCCNC1.C\C=C/C(OC)=C(\C=C(/C)C(=O)N(CC)C(C)C)OCCCOC. The molecule has 3 rings (SSSR count). The molecule has 1 unspecified atom stereocenters. The molecular formula is C40H74N2O6. The first-order valence-electron chi connectivity index (χ1n) is 18.8. The van der Waals surface area contributed by atoms with Crippen molar-refractivity contribution in [3.05, 3.63) is 35.3 Å². The molecule has 1 amide bonds. The Balaban J connectivity index is 0.000000744. The first-order chi connectivity index (χ1) is 23.0. The molecule has 1 saturated heterocycles. The van der Waals surface area contributed by atoms with Crippen molar-refractivity contribution in [1.82, 2.24) is 10.2 Å². The van der Waals surface area contributed by atoms with E-state index in [-0.39, 0.29) is 11.9 Å². The summed E-state index contributed by atoms with van der Waals surface area (Å²) >= 11 is 0. The molecule has 3 fully saturated rings. The van der Waals surface area contributed by atoms with Crippen molar-refractivity contribution >= 4 is 11.7 Å². The van der Waals surface area contributed by atoms with Gasteiger partial charge in [-0.05, 0) is 110 Å². The van der Waals surface area contributed by atoms with Crippen LogP contribution in [-0.4, -0.2) is 82.9 Å². The Labute approximate surface area is 295 Å². The van der Waals surface area contributed by atoms with E-state index in [4.69, 9.17) is 18.9 Å². The number of amides is 1. The largest absolute Gasteiger partial charge is 0.493 e. The molecule has 0 aromatic rings. The summed E-state index contributed by atoms with van der Waals surface area (Å²) in [5.41, 5.74) is 0.617. The van der Waals surface area contributed by atoms with Gasteiger partial charge >= 0.3 is 0 Å². The monoisotopic (exact) mass is 679 g/mol. The fourth-order valence-electron chi connectivity index (χ4n) is 5.55. The lowest BCUT2D eigenvalue weighted by Crippen LogP contribution is -2.37. The third-order valence-electron chi connectivity index (χ3n) is 9.09. The smallest absolute Gasteiger partial charge is 0.249 e. The molecular weight excluding hydrogens is 604 g/mol. The van der Waals surface area contributed by atoms with E-state index >= 15 is 0 Å². The van der Waals surface area contributed by atoms with Crippen LogP contribution < -0.4 is 5.32 Å². The zero-order chi connectivity index (χ0) is 36.3. The molecule has 48 heavy (non-hydrogen) atoms. The third kappa shape index (κ3) is 21.0. The molecule has 2 aliphatic carbocycles. The van der Waals surface area contributed by atoms with Crippen LogP contribution in [0, 0.1) is 17.8 Å². The summed E-state index contributed by atoms with van der Waals surface area (Å²) in [6, 6.07) is 0.151. The van der Waals surface area contributed by atoms with Crippen LogP contribution >= 0.6 is 0 Å². The molecule has 1 atom stereocenters. The summed E-state index contributed by atoms with van der Waals surface area (Å²) < 4.78 is 21.5. The molecule has 1 N–H and O–H groups in total. The number of piperidine rings is 1. The number of ether oxygens (including phenoxy) is 4. The molecule has 1 aliphatic heterocycles. The summed E-state index contributed by atoms with van der Waals surface area (Å²) in [4.78, 5) is 25.7. The number of carbonyl (C=O) groups excluding carboxylic acids is 2. The van der Waals surface area contributed by atoms with E-state index in [9.17, 15) is 9.59 Å². The quantitative estimate of drug-likeness (QED) is 0.0803. The second kappa shape index (κ2) is 28.7. The van der Waals surface area contributed by atoms with Gasteiger partial charge in [-0.15, -0.1) is 0 Å². The molecule has 3 aliphatic rings. The van der Waals surface area contributed by atoms with Crippen LogP contribution in [-0.2, 0) is 28.5 Å². The second-order valence-corrected chi connectivity index (χ2v) is 13.5. The predicted octanol–water partition coefficient (Wildman–Crippen LogP) is 8.66. The molecule has 0 spiro atoms. The second-order valence-electron chi connectivity index (χ2n) is 13.5. The van der Waals surface area contributed by atoms with Gasteiger partial charge in [0.25, 0.3) is 0 Å². The van der Waals surface area contributed by atoms with Crippen LogP contribution in [0.2, 0.25) is 0 Å². The highest BCUT2D eigenvalue weighted by atomic mass is 16.5. The number of allylic oxidation sites excluding steroid dienone is 3. The van der Waals surface area contributed by atoms with Crippen LogP contribution in [0.3, 0.4) is 0 Å². The van der Waals surface area contributed by atoms with Gasteiger partial charge in [0.15, 0.2) is 11.5 Å². The number of nitrogens with one attached hydrogen (secondary N) is 1. The normalized spacial score (nSPS) is 21.4. The average Bonchev–Trinajstić information content (AvgIpc) is 3.91. The number of hydrogen-bond donors (Lipinski definition) is 1. The Morgan fingerprint density at radius 1 is 0.938 bits per heavy atom. The molecule has 8 heteroatoms. The molecule has 0 aromatic heterocycles. The van der Waals surface area contributed by atoms with Gasteiger partial charge in [-0.2, -0.15) is 0 Å². The molecule has 1 heterocycles. The minimum Gasteiger partial charge on any atom is -0.493 e. The maximum absolute atomic E-state index is 12.6. The molecule has 0 aromatic carbocycles. The number of hydrogen-bond acceptors (Lipinski definition) is 7. The van der Waals surface area contributed by atoms with Gasteiger partial charge < -0.3 is 29.2 Å². The molecule has 0 bridgehead atoms. The number of carbonyl (C=O) groups is 2. The Bertz CT molecular complexity index is 926. The summed E-state index contributed by atoms with van der Waals surface area (Å²) in [6.07, 6.45) is 18.7. The molecule has 0 radical (unpaired) electrons. The highest BCUT2D eigenvalue weighted by Gasteiger charge is 2.24. The van der Waals surface area contributed by atoms with Crippen LogP contribution in [0.15, 0.2) is 35.3 Å². The van der Waals surface area contributed by atoms with E-state index in [1.54, 1.807) is 34.3 Å². The lowest BCUT2D eigenvalue weighted by atomic mass is 9.84. The Morgan fingerprint density at radius 3 is 1.98 bits per heavy atom. The maximum Gasteiger partial charge on any atom is 0.249 e. The molecule has 280 valence electrons. The Kier molecular flexibility index (Phi) is 27.4. The Morgan fingerprint density at radius 2 is 1.58 bits per heavy atom. The topological polar surface area (TPSA) is 86.3 Å². The van der Waals surface area contributed by atoms with Crippen molar-refractivity contribution in [2.45, 2.75) is 138 Å². The number of likely N-dealkylation sites (N-methyl/N-ethyl adjacent to an activating group) is 1. The van der Waals surface area contributed by atoms with Gasteiger partial charge in [-0.1, -0.05) is 46.1 Å². The van der Waals surface area contributed by atoms with Gasteiger partial charge in [0.2, 0.25) is 5.91 Å². The first kappa shape index (κ1) is 45.8. The minimum atomic E-state index is 0.00132. The number of nitrogens with zero attached hydrogens (tertiary/aromatic N) is 1. The highest BCUT2D eigenvalue weighted by molar-refractivity contribution is 5.93. The van der Waals surface area contributed by atoms with Gasteiger partial charge in [-0.25, -0.2) is 0 Å². The van der Waals surface area contributed by atoms with Gasteiger partial charge in [0, 0.05) is 57.7 Å². The van der Waals surface area contributed by atoms with Crippen molar-refractivity contribution in [2.75, 3.05) is 54.2 Å². The van der Waals surface area contributed by atoms with Crippen LogP contribution in [0.1, 0.15) is 126 Å². The molecule has 8 nitrogen and oxygen atoms in total. The summed E-state index contributed by atoms with van der Waals surface area (Å²) in [5.74, 6) is 3.98. The lowest BCUT2D eigenvalue weighted by molar-refractivity contribution is -0.128. The van der Waals surface area contributed by atoms with Crippen LogP contribution in [0.5, 0.6) is 0 Å². The summed E-state index contributed by atoms with van der Waals surface area (Å²) in [6.45, 7) is 20.5. The number of rotatable bonds is 15. The number of Topliss-reactive ketones (excluding diaryl/α,β-unsaturated/α-hetero) is 1. The van der Waals surface area contributed by atoms with Crippen LogP contribution in [0.25, 0.3) is 0 Å². The van der Waals surface area contributed by atoms with E-state index in [1.165, 1.54) is 45.2 Å². The first-order valence-corrected chi connectivity index (χ1v) is 18.8. The van der Waals surface area contributed by atoms with Gasteiger partial charge in [0.05, 0.1) is 19.8 Å². The highest BCUT2D eigenvalue weighted by Crippen LogP contribution is 2.27. The minimum absolute atomic E-state index is 0.00132. The van der Waals surface area contributed by atoms with Crippen molar-refractivity contribution in [2.24, 2.45) is 17.8 Å². The Hall–Kier alpha value is -2.16. The van der Waals surface area contributed by atoms with Crippen LogP contribution in [0.4, 0.5) is 0 Å². The third-order valence-corrected chi connectivity index (χ3v) is 9.09. The van der Waals surface area contributed by atoms with Crippen molar-refractivity contribution in [3.63, 3.8) is 0 Å². The number of methoxy groups -OCH3 is 3. The van der Waals surface area contributed by atoms with Crippen molar-refractivity contribution in [3.8, 4) is 0 Å². The van der Waals surface area contributed by atoms with E-state index in [0.717, 1.165) is 43.9 Å². The maximum atomic E-state index is 12.6. The van der Waals surface area contributed by atoms with Gasteiger partial charge in [0.1, 0.15) is 5.78 Å². The van der Waals surface area contributed by atoms with E-state index in [0.29, 0.717) is 61.1 Å². The van der Waals surface area contributed by atoms with Crippen molar-refractivity contribution in [1.29, 1.82) is 0 Å².